The van der Waals surface area contributed by atoms with Crippen LogP contribution in [0.2, 0.25) is 5.02 Å². The Bertz CT molecular complexity index is 492. The van der Waals surface area contributed by atoms with Crippen LogP contribution in [0.1, 0.15) is 26.7 Å². The van der Waals surface area contributed by atoms with E-state index in [1.54, 1.807) is 24.3 Å². The maximum atomic E-state index is 12.1. The molecule has 116 valence electrons. The van der Waals surface area contributed by atoms with E-state index in [1.807, 2.05) is 13.8 Å². The van der Waals surface area contributed by atoms with Crippen molar-refractivity contribution in [3.8, 4) is 5.75 Å². The van der Waals surface area contributed by atoms with Gasteiger partial charge in [-0.3, -0.25) is 9.59 Å². The molecule has 0 aromatic heterocycles. The number of hydrogen-bond acceptors (Lipinski definition) is 3. The standard InChI is InChI=1S/C15H20ClNO4/c1-3-11(2)17(10-15(19)20)14(18)7-8-21-13-6-4-5-12(16)9-13/h4-6,9,11H,3,7-8,10H2,1-2H3,(H,19,20). The number of hydrogen-bond donors (Lipinski definition) is 1. The lowest BCUT2D eigenvalue weighted by Crippen LogP contribution is -2.42. The van der Waals surface area contributed by atoms with Crippen molar-refractivity contribution in [2.45, 2.75) is 32.7 Å². The number of nitrogens with zero attached hydrogens (tertiary/aromatic N) is 1. The molecule has 0 heterocycles. The second-order valence-electron chi connectivity index (χ2n) is 4.73. The number of halogens is 1. The van der Waals surface area contributed by atoms with Crippen LogP contribution in [0.5, 0.6) is 5.75 Å². The number of ether oxygens (including phenoxy) is 1. The number of carbonyl (C=O) groups excluding carboxylic acids is 1. The highest BCUT2D eigenvalue weighted by atomic mass is 35.5. The number of carbonyl (C=O) groups is 2. The summed E-state index contributed by atoms with van der Waals surface area (Å²) in [4.78, 5) is 24.3. The van der Waals surface area contributed by atoms with Crippen LogP contribution in [-0.4, -0.2) is 41.1 Å². The Labute approximate surface area is 129 Å². The van der Waals surface area contributed by atoms with Crippen LogP contribution in [0.4, 0.5) is 0 Å². The molecule has 0 saturated carbocycles. The lowest BCUT2D eigenvalue weighted by atomic mass is 10.2. The molecule has 1 aromatic rings. The summed E-state index contributed by atoms with van der Waals surface area (Å²) in [5, 5.41) is 9.43. The Balaban J connectivity index is 2.51. The first kappa shape index (κ1) is 17.3. The SMILES string of the molecule is CCC(C)N(CC(=O)O)C(=O)CCOc1cccc(Cl)c1. The van der Waals surface area contributed by atoms with Gasteiger partial charge in [-0.15, -0.1) is 0 Å². The first-order valence-corrected chi connectivity index (χ1v) is 7.21. The largest absolute Gasteiger partial charge is 0.493 e. The van der Waals surface area contributed by atoms with Gasteiger partial charge in [0.25, 0.3) is 0 Å². The second kappa shape index (κ2) is 8.52. The maximum absolute atomic E-state index is 12.1. The van der Waals surface area contributed by atoms with Gasteiger partial charge in [0.1, 0.15) is 12.3 Å². The van der Waals surface area contributed by atoms with Crippen LogP contribution in [0.25, 0.3) is 0 Å². The van der Waals surface area contributed by atoms with E-state index in [1.165, 1.54) is 4.90 Å². The van der Waals surface area contributed by atoms with Gasteiger partial charge >= 0.3 is 5.97 Å². The third-order valence-electron chi connectivity index (χ3n) is 3.13. The molecule has 1 aromatic carbocycles. The highest BCUT2D eigenvalue weighted by Crippen LogP contribution is 2.17. The molecule has 6 heteroatoms. The van der Waals surface area contributed by atoms with Crippen LogP contribution in [-0.2, 0) is 9.59 Å². The van der Waals surface area contributed by atoms with Gasteiger partial charge in [-0.2, -0.15) is 0 Å². The van der Waals surface area contributed by atoms with Gasteiger partial charge in [0, 0.05) is 11.1 Å². The van der Waals surface area contributed by atoms with E-state index in [-0.39, 0.29) is 31.5 Å². The molecule has 1 atom stereocenters. The number of benzene rings is 1. The highest BCUT2D eigenvalue weighted by molar-refractivity contribution is 6.30. The molecule has 1 unspecified atom stereocenters. The van der Waals surface area contributed by atoms with Gasteiger partial charge in [-0.1, -0.05) is 24.6 Å². The Morgan fingerprint density at radius 2 is 2.14 bits per heavy atom. The fourth-order valence-electron chi connectivity index (χ4n) is 1.81. The lowest BCUT2D eigenvalue weighted by molar-refractivity contribution is -0.146. The highest BCUT2D eigenvalue weighted by Gasteiger charge is 2.21. The van der Waals surface area contributed by atoms with Gasteiger partial charge in [0.2, 0.25) is 5.91 Å². The molecule has 0 spiro atoms. The zero-order chi connectivity index (χ0) is 15.8. The maximum Gasteiger partial charge on any atom is 0.323 e. The number of amides is 1. The summed E-state index contributed by atoms with van der Waals surface area (Å²) in [6.07, 6.45) is 0.832. The zero-order valence-electron chi connectivity index (χ0n) is 12.2. The molecule has 1 N–H and O–H groups in total. The summed E-state index contributed by atoms with van der Waals surface area (Å²) in [7, 11) is 0. The molecule has 0 radical (unpaired) electrons. The predicted molar refractivity (Wildman–Crippen MR) is 80.7 cm³/mol. The van der Waals surface area contributed by atoms with Crippen molar-refractivity contribution < 1.29 is 19.4 Å². The molecule has 0 aliphatic heterocycles. The third kappa shape index (κ3) is 6.04. The normalized spacial score (nSPS) is 11.8. The number of rotatable bonds is 8. The first-order chi connectivity index (χ1) is 9.93. The summed E-state index contributed by atoms with van der Waals surface area (Å²) < 4.78 is 5.45. The molecule has 0 fully saturated rings. The molecular formula is C15H20ClNO4. The van der Waals surface area contributed by atoms with Crippen LogP contribution < -0.4 is 4.74 Å². The molecule has 21 heavy (non-hydrogen) atoms. The summed E-state index contributed by atoms with van der Waals surface area (Å²) >= 11 is 5.83. The molecule has 1 rings (SSSR count). The van der Waals surface area contributed by atoms with Crippen LogP contribution >= 0.6 is 11.6 Å². The van der Waals surface area contributed by atoms with E-state index in [2.05, 4.69) is 0 Å². The Morgan fingerprint density at radius 3 is 2.71 bits per heavy atom. The molecule has 0 saturated heterocycles. The van der Waals surface area contributed by atoms with E-state index in [0.29, 0.717) is 17.2 Å². The average Bonchev–Trinajstić information content (AvgIpc) is 2.43. The number of carboxylic acids is 1. The predicted octanol–water partition coefficient (Wildman–Crippen LogP) is 2.82. The van der Waals surface area contributed by atoms with Crippen LogP contribution in [0.3, 0.4) is 0 Å². The second-order valence-corrected chi connectivity index (χ2v) is 5.16. The topological polar surface area (TPSA) is 66.8 Å². The fraction of sp³-hybridized carbons (Fsp3) is 0.467. The van der Waals surface area contributed by atoms with E-state index >= 15 is 0 Å². The molecule has 0 bridgehead atoms. The van der Waals surface area contributed by atoms with E-state index in [0.717, 1.165) is 0 Å². The summed E-state index contributed by atoms with van der Waals surface area (Å²) in [6.45, 7) is 3.64. The minimum absolute atomic E-state index is 0.111. The van der Waals surface area contributed by atoms with Crippen molar-refractivity contribution in [3.05, 3.63) is 29.3 Å². The summed E-state index contributed by atoms with van der Waals surface area (Å²) in [5.74, 6) is -0.656. The average molecular weight is 314 g/mol. The van der Waals surface area contributed by atoms with Crippen molar-refractivity contribution in [3.63, 3.8) is 0 Å². The molecular weight excluding hydrogens is 294 g/mol. The number of aliphatic carboxylic acids is 1. The van der Waals surface area contributed by atoms with Gasteiger partial charge in [-0.05, 0) is 31.5 Å². The van der Waals surface area contributed by atoms with Gasteiger partial charge in [0.05, 0.1) is 13.0 Å². The monoisotopic (exact) mass is 313 g/mol. The van der Waals surface area contributed by atoms with Gasteiger partial charge in [0.15, 0.2) is 0 Å². The van der Waals surface area contributed by atoms with Crippen molar-refractivity contribution in [1.29, 1.82) is 0 Å². The van der Waals surface area contributed by atoms with E-state index < -0.39 is 5.97 Å². The smallest absolute Gasteiger partial charge is 0.323 e. The Hall–Kier alpha value is -1.75. The minimum Gasteiger partial charge on any atom is -0.493 e. The van der Waals surface area contributed by atoms with Crippen LogP contribution in [0, 0.1) is 0 Å². The summed E-state index contributed by atoms with van der Waals surface area (Å²) in [6, 6.07) is 6.79. The quantitative estimate of drug-likeness (QED) is 0.801. The number of carboxylic acid groups (broad SMARTS) is 1. The first-order valence-electron chi connectivity index (χ1n) is 6.83. The van der Waals surface area contributed by atoms with Crippen molar-refractivity contribution in [2.24, 2.45) is 0 Å². The van der Waals surface area contributed by atoms with Gasteiger partial charge in [-0.25, -0.2) is 0 Å². The van der Waals surface area contributed by atoms with E-state index in [4.69, 9.17) is 21.4 Å². The molecule has 5 nitrogen and oxygen atoms in total. The fourth-order valence-corrected chi connectivity index (χ4v) is 1.99. The van der Waals surface area contributed by atoms with Crippen molar-refractivity contribution >= 4 is 23.5 Å². The molecule has 1 amide bonds. The summed E-state index contributed by atoms with van der Waals surface area (Å²) in [5.41, 5.74) is 0. The Kier molecular flexibility index (Phi) is 7.02. The van der Waals surface area contributed by atoms with Gasteiger partial charge < -0.3 is 14.7 Å². The molecule has 0 aliphatic carbocycles. The molecule has 0 aliphatic rings. The van der Waals surface area contributed by atoms with E-state index in [9.17, 15) is 9.59 Å². The zero-order valence-corrected chi connectivity index (χ0v) is 13.0. The van der Waals surface area contributed by atoms with Crippen LogP contribution in [0.15, 0.2) is 24.3 Å². The van der Waals surface area contributed by atoms with Crippen molar-refractivity contribution in [2.75, 3.05) is 13.2 Å². The Morgan fingerprint density at radius 1 is 1.43 bits per heavy atom. The third-order valence-corrected chi connectivity index (χ3v) is 3.36. The minimum atomic E-state index is -1.01. The van der Waals surface area contributed by atoms with Crippen molar-refractivity contribution in [1.82, 2.24) is 4.90 Å². The lowest BCUT2D eigenvalue weighted by Gasteiger charge is -2.27.